The van der Waals surface area contributed by atoms with E-state index in [9.17, 15) is 9.59 Å². The van der Waals surface area contributed by atoms with Crippen LogP contribution in [0.1, 0.15) is 31.1 Å². The highest BCUT2D eigenvalue weighted by atomic mass is 16.5. The topological polar surface area (TPSA) is 77.5 Å². The number of ether oxygens (including phenoxy) is 2. The molecule has 168 valence electrons. The van der Waals surface area contributed by atoms with Crippen LogP contribution < -0.4 is 10.1 Å². The van der Waals surface area contributed by atoms with E-state index in [-0.39, 0.29) is 12.5 Å². The first-order valence-corrected chi connectivity index (χ1v) is 10.7. The minimum Gasteiger partial charge on any atom is -0.497 e. The maximum absolute atomic E-state index is 13.0. The average molecular weight is 443 g/mol. The van der Waals surface area contributed by atoms with Gasteiger partial charge in [0.05, 0.1) is 23.9 Å². The second-order valence-corrected chi connectivity index (χ2v) is 8.87. The molecule has 0 aliphatic heterocycles. The van der Waals surface area contributed by atoms with Gasteiger partial charge in [0.15, 0.2) is 6.61 Å². The molecule has 1 heterocycles. The number of para-hydroxylation sites is 1. The van der Waals surface area contributed by atoms with Crippen molar-refractivity contribution in [3.63, 3.8) is 0 Å². The average Bonchev–Trinajstić information content (AvgIpc) is 2.80. The maximum atomic E-state index is 13.0. The molecule has 0 saturated carbocycles. The van der Waals surface area contributed by atoms with Crippen LogP contribution in [0.4, 0.5) is 0 Å². The maximum Gasteiger partial charge on any atom is 0.339 e. The van der Waals surface area contributed by atoms with E-state index < -0.39 is 11.5 Å². The summed E-state index contributed by atoms with van der Waals surface area (Å²) in [4.78, 5) is 29.8. The molecule has 0 atom stereocenters. The minimum atomic E-state index is -0.565. The third kappa shape index (κ3) is 5.12. The van der Waals surface area contributed by atoms with Gasteiger partial charge in [-0.05, 0) is 61.9 Å². The highest BCUT2D eigenvalue weighted by Gasteiger charge is 2.19. The van der Waals surface area contributed by atoms with Gasteiger partial charge >= 0.3 is 5.97 Å². The molecule has 6 heteroatoms. The highest BCUT2D eigenvalue weighted by molar-refractivity contribution is 6.05. The normalized spacial score (nSPS) is 11.4. The first-order chi connectivity index (χ1) is 15.7. The number of benzene rings is 3. The summed E-state index contributed by atoms with van der Waals surface area (Å²) in [7, 11) is 1.64. The molecule has 0 aliphatic rings. The van der Waals surface area contributed by atoms with Crippen molar-refractivity contribution in [1.82, 2.24) is 10.3 Å². The van der Waals surface area contributed by atoms with Crippen LogP contribution in [0.3, 0.4) is 0 Å². The predicted molar refractivity (Wildman–Crippen MR) is 129 cm³/mol. The van der Waals surface area contributed by atoms with Crippen molar-refractivity contribution in [3.05, 3.63) is 72.3 Å². The Morgan fingerprint density at radius 2 is 1.67 bits per heavy atom. The van der Waals surface area contributed by atoms with E-state index in [1.54, 1.807) is 13.2 Å². The molecule has 4 rings (SSSR count). The minimum absolute atomic E-state index is 0.347. The van der Waals surface area contributed by atoms with Crippen molar-refractivity contribution >= 4 is 33.6 Å². The fourth-order valence-corrected chi connectivity index (χ4v) is 3.67. The van der Waals surface area contributed by atoms with Gasteiger partial charge in [0.1, 0.15) is 5.75 Å². The van der Waals surface area contributed by atoms with Gasteiger partial charge in [0, 0.05) is 16.5 Å². The lowest BCUT2D eigenvalue weighted by atomic mass is 10.0. The van der Waals surface area contributed by atoms with Crippen molar-refractivity contribution in [1.29, 1.82) is 0 Å². The SMILES string of the molecule is COc1ccc2cc(-c3cc(C(=O)OCC(=O)NC(C)(C)C)c4ccccc4n3)ccc2c1. The van der Waals surface area contributed by atoms with Gasteiger partial charge in [-0.2, -0.15) is 0 Å². The van der Waals surface area contributed by atoms with Crippen molar-refractivity contribution in [2.75, 3.05) is 13.7 Å². The smallest absolute Gasteiger partial charge is 0.339 e. The predicted octanol–water partition coefficient (Wildman–Crippen LogP) is 5.14. The van der Waals surface area contributed by atoms with Crippen molar-refractivity contribution in [3.8, 4) is 17.0 Å². The number of rotatable bonds is 5. The molecule has 1 aromatic heterocycles. The van der Waals surface area contributed by atoms with Gasteiger partial charge in [-0.25, -0.2) is 9.78 Å². The van der Waals surface area contributed by atoms with Gasteiger partial charge in [-0.1, -0.05) is 36.4 Å². The number of nitrogens with zero attached hydrogens (tertiary/aromatic N) is 1. The van der Waals surface area contributed by atoms with Crippen LogP contribution in [0, 0.1) is 0 Å². The molecular formula is C27H26N2O4. The fraction of sp³-hybridized carbons (Fsp3) is 0.222. The molecule has 0 fully saturated rings. The number of nitrogens with one attached hydrogen (secondary N) is 1. The molecule has 1 amide bonds. The van der Waals surface area contributed by atoms with Crippen LogP contribution in [0.5, 0.6) is 5.75 Å². The second-order valence-electron chi connectivity index (χ2n) is 8.87. The van der Waals surface area contributed by atoms with Gasteiger partial charge in [-0.15, -0.1) is 0 Å². The zero-order valence-corrected chi connectivity index (χ0v) is 19.1. The molecular weight excluding hydrogens is 416 g/mol. The largest absolute Gasteiger partial charge is 0.497 e. The van der Waals surface area contributed by atoms with Crippen LogP contribution in [-0.4, -0.2) is 36.1 Å². The Balaban J connectivity index is 1.69. The number of hydrogen-bond donors (Lipinski definition) is 1. The molecule has 0 radical (unpaired) electrons. The number of hydrogen-bond acceptors (Lipinski definition) is 5. The second kappa shape index (κ2) is 8.90. The van der Waals surface area contributed by atoms with Crippen molar-refractivity contribution in [2.24, 2.45) is 0 Å². The highest BCUT2D eigenvalue weighted by Crippen LogP contribution is 2.29. The summed E-state index contributed by atoms with van der Waals surface area (Å²) >= 11 is 0. The summed E-state index contributed by atoms with van der Waals surface area (Å²) in [6, 6.07) is 21.0. The molecule has 33 heavy (non-hydrogen) atoms. The van der Waals surface area contributed by atoms with Crippen LogP contribution in [0.15, 0.2) is 66.7 Å². The molecule has 4 aromatic rings. The first-order valence-electron chi connectivity index (χ1n) is 10.7. The molecule has 0 unspecified atom stereocenters. The molecule has 6 nitrogen and oxygen atoms in total. The summed E-state index contributed by atoms with van der Waals surface area (Å²) in [5.74, 6) is -0.122. The van der Waals surface area contributed by atoms with E-state index in [1.807, 2.05) is 81.4 Å². The molecule has 3 aromatic carbocycles. The third-order valence-electron chi connectivity index (χ3n) is 5.13. The number of pyridine rings is 1. The van der Waals surface area contributed by atoms with Crippen molar-refractivity contribution in [2.45, 2.75) is 26.3 Å². The van der Waals surface area contributed by atoms with E-state index >= 15 is 0 Å². The Morgan fingerprint density at radius 3 is 2.42 bits per heavy atom. The zero-order chi connectivity index (χ0) is 23.6. The van der Waals surface area contributed by atoms with Gasteiger partial charge in [0.2, 0.25) is 0 Å². The van der Waals surface area contributed by atoms with Crippen molar-refractivity contribution < 1.29 is 19.1 Å². The standard InChI is InChI=1S/C27H26N2O4/c1-27(2,3)29-25(30)16-33-26(31)22-15-24(28-23-8-6-5-7-21(22)23)19-10-9-18-14-20(32-4)12-11-17(18)13-19/h5-15H,16H2,1-4H3,(H,29,30). The van der Waals surface area contributed by atoms with E-state index in [2.05, 4.69) is 5.32 Å². The Hall–Kier alpha value is -3.93. The number of fused-ring (bicyclic) bond motifs is 2. The van der Waals surface area contributed by atoms with E-state index in [4.69, 9.17) is 14.5 Å². The lowest BCUT2D eigenvalue weighted by molar-refractivity contribution is -0.125. The Kier molecular flexibility index (Phi) is 6.01. The van der Waals surface area contributed by atoms with E-state index in [1.165, 1.54) is 0 Å². The van der Waals surface area contributed by atoms with Gasteiger partial charge in [-0.3, -0.25) is 4.79 Å². The number of amides is 1. The molecule has 0 aliphatic carbocycles. The lowest BCUT2D eigenvalue weighted by Gasteiger charge is -2.20. The summed E-state index contributed by atoms with van der Waals surface area (Å²) < 4.78 is 10.6. The van der Waals surface area contributed by atoms with Gasteiger partial charge < -0.3 is 14.8 Å². The number of carbonyl (C=O) groups excluding carboxylic acids is 2. The summed E-state index contributed by atoms with van der Waals surface area (Å²) in [5.41, 5.74) is 2.17. The Labute approximate surface area is 192 Å². The molecule has 0 spiro atoms. The van der Waals surface area contributed by atoms with Crippen LogP contribution >= 0.6 is 0 Å². The summed E-state index contributed by atoms with van der Waals surface area (Å²) in [5, 5.41) is 5.54. The number of carbonyl (C=O) groups is 2. The Morgan fingerprint density at radius 1 is 0.939 bits per heavy atom. The Bertz CT molecular complexity index is 1360. The fourth-order valence-electron chi connectivity index (χ4n) is 3.67. The molecule has 1 N–H and O–H groups in total. The van der Waals surface area contributed by atoms with E-state index in [0.717, 1.165) is 22.1 Å². The summed E-state index contributed by atoms with van der Waals surface area (Å²) in [6.07, 6.45) is 0. The van der Waals surface area contributed by atoms with Crippen LogP contribution in [-0.2, 0) is 9.53 Å². The third-order valence-corrected chi connectivity index (χ3v) is 5.13. The van der Waals surface area contributed by atoms with Gasteiger partial charge in [0.25, 0.3) is 5.91 Å². The zero-order valence-electron chi connectivity index (χ0n) is 19.1. The van der Waals surface area contributed by atoms with Crippen LogP contribution in [0.25, 0.3) is 32.9 Å². The number of esters is 1. The van der Waals surface area contributed by atoms with Crippen LogP contribution in [0.2, 0.25) is 0 Å². The quantitative estimate of drug-likeness (QED) is 0.433. The number of methoxy groups -OCH3 is 1. The first kappa shape index (κ1) is 22.3. The van der Waals surface area contributed by atoms with E-state index in [0.29, 0.717) is 22.2 Å². The summed E-state index contributed by atoms with van der Waals surface area (Å²) in [6.45, 7) is 5.26. The molecule has 0 saturated heterocycles. The monoisotopic (exact) mass is 442 g/mol. The molecule has 0 bridgehead atoms. The lowest BCUT2D eigenvalue weighted by Crippen LogP contribution is -2.42. The number of aromatic nitrogens is 1.